The number of nitrogen functional groups attached to an aromatic ring is 1. The Bertz CT molecular complexity index is 626. The lowest BCUT2D eigenvalue weighted by Crippen LogP contribution is -2.09. The Kier molecular flexibility index (Phi) is 3.57. The highest BCUT2D eigenvalue weighted by molar-refractivity contribution is 6.31. The van der Waals surface area contributed by atoms with Crippen molar-refractivity contribution in [1.29, 1.82) is 0 Å². The van der Waals surface area contributed by atoms with Crippen LogP contribution in [0.5, 0.6) is 5.88 Å². The molecule has 0 spiro atoms. The third-order valence-electron chi connectivity index (χ3n) is 2.42. The molecule has 0 saturated heterocycles. The van der Waals surface area contributed by atoms with Crippen molar-refractivity contribution in [2.75, 3.05) is 12.8 Å². The summed E-state index contributed by atoms with van der Waals surface area (Å²) in [6.07, 6.45) is -0.916. The zero-order chi connectivity index (χ0) is 14.0. The summed E-state index contributed by atoms with van der Waals surface area (Å²) < 4.78 is 10.4. The van der Waals surface area contributed by atoms with Gasteiger partial charge in [0.15, 0.2) is 5.82 Å². The van der Waals surface area contributed by atoms with E-state index in [-0.39, 0.29) is 11.7 Å². The molecule has 0 unspecified atom stereocenters. The molecule has 100 valence electrons. The highest BCUT2D eigenvalue weighted by atomic mass is 35.5. The second-order valence-electron chi connectivity index (χ2n) is 3.68. The van der Waals surface area contributed by atoms with Crippen LogP contribution in [0.25, 0.3) is 5.69 Å². The largest absolute Gasteiger partial charge is 0.515 e. The van der Waals surface area contributed by atoms with Crippen molar-refractivity contribution in [1.82, 2.24) is 15.0 Å². The fourth-order valence-electron chi connectivity index (χ4n) is 1.37. The fourth-order valence-corrected chi connectivity index (χ4v) is 1.55. The van der Waals surface area contributed by atoms with E-state index in [2.05, 4.69) is 15.0 Å². The quantitative estimate of drug-likeness (QED) is 0.847. The SMILES string of the molecule is COC(=O)Oc1nnn(-c2ccc(C)c(Cl)c2)c1N. The Hall–Kier alpha value is -2.28. The van der Waals surface area contributed by atoms with Crippen LogP contribution in [0, 0.1) is 6.92 Å². The minimum Gasteiger partial charge on any atom is -0.437 e. The molecule has 2 N–H and O–H groups in total. The molecule has 0 radical (unpaired) electrons. The number of hydrogen-bond acceptors (Lipinski definition) is 6. The van der Waals surface area contributed by atoms with Gasteiger partial charge in [0.25, 0.3) is 5.88 Å². The molecule has 0 saturated carbocycles. The molecule has 0 amide bonds. The minimum atomic E-state index is -0.916. The van der Waals surface area contributed by atoms with Gasteiger partial charge < -0.3 is 15.2 Å². The zero-order valence-electron chi connectivity index (χ0n) is 10.3. The number of carbonyl (C=O) groups excluding carboxylic acids is 1. The van der Waals surface area contributed by atoms with Gasteiger partial charge in [-0.05, 0) is 24.6 Å². The van der Waals surface area contributed by atoms with E-state index in [1.807, 2.05) is 13.0 Å². The van der Waals surface area contributed by atoms with Crippen LogP contribution in [-0.4, -0.2) is 28.3 Å². The molecule has 1 aromatic heterocycles. The van der Waals surface area contributed by atoms with Crippen molar-refractivity contribution < 1.29 is 14.3 Å². The van der Waals surface area contributed by atoms with Crippen molar-refractivity contribution in [2.45, 2.75) is 6.92 Å². The molecule has 2 rings (SSSR count). The Morgan fingerprint density at radius 2 is 2.21 bits per heavy atom. The molecule has 1 heterocycles. The van der Waals surface area contributed by atoms with E-state index < -0.39 is 6.16 Å². The van der Waals surface area contributed by atoms with Gasteiger partial charge in [0.05, 0.1) is 12.8 Å². The summed E-state index contributed by atoms with van der Waals surface area (Å²) in [6, 6.07) is 5.28. The lowest BCUT2D eigenvalue weighted by Gasteiger charge is -2.05. The van der Waals surface area contributed by atoms with E-state index in [1.54, 1.807) is 12.1 Å². The van der Waals surface area contributed by atoms with Crippen LogP contribution < -0.4 is 10.5 Å². The van der Waals surface area contributed by atoms with Crippen molar-refractivity contribution in [3.8, 4) is 11.6 Å². The van der Waals surface area contributed by atoms with Crippen LogP contribution in [0.3, 0.4) is 0 Å². The average molecular weight is 283 g/mol. The van der Waals surface area contributed by atoms with Gasteiger partial charge in [-0.25, -0.2) is 4.79 Å². The summed E-state index contributed by atoms with van der Waals surface area (Å²) in [7, 11) is 1.18. The maximum Gasteiger partial charge on any atom is 0.515 e. The maximum absolute atomic E-state index is 11.0. The van der Waals surface area contributed by atoms with Gasteiger partial charge in [0, 0.05) is 5.02 Å². The van der Waals surface area contributed by atoms with Crippen molar-refractivity contribution in [3.63, 3.8) is 0 Å². The summed E-state index contributed by atoms with van der Waals surface area (Å²) in [5.74, 6) is -0.0473. The number of halogens is 1. The molecule has 0 atom stereocenters. The predicted octanol–water partition coefficient (Wildman–Crippen LogP) is 1.96. The van der Waals surface area contributed by atoms with Crippen LogP contribution in [0.2, 0.25) is 5.02 Å². The third kappa shape index (κ3) is 2.60. The van der Waals surface area contributed by atoms with Gasteiger partial charge in [0.2, 0.25) is 0 Å². The first-order valence-electron chi connectivity index (χ1n) is 5.26. The number of nitrogens with two attached hydrogens (primary N) is 1. The fraction of sp³-hybridized carbons (Fsp3) is 0.182. The number of nitrogens with zero attached hydrogens (tertiary/aromatic N) is 3. The van der Waals surface area contributed by atoms with Crippen molar-refractivity contribution in [3.05, 3.63) is 28.8 Å². The maximum atomic E-state index is 11.0. The first kappa shape index (κ1) is 13.2. The molecule has 8 heteroatoms. The summed E-state index contributed by atoms with van der Waals surface area (Å²) in [5, 5.41) is 8.02. The zero-order valence-corrected chi connectivity index (χ0v) is 11.0. The standard InChI is InChI=1S/C11H11ClN4O3/c1-6-3-4-7(5-8(6)12)16-9(13)10(14-15-16)19-11(17)18-2/h3-5H,13H2,1-2H3. The number of aryl methyl sites for hydroxylation is 1. The lowest BCUT2D eigenvalue weighted by atomic mass is 10.2. The lowest BCUT2D eigenvalue weighted by molar-refractivity contribution is 0.120. The number of hydrogen-bond donors (Lipinski definition) is 1. The molecule has 7 nitrogen and oxygen atoms in total. The van der Waals surface area contributed by atoms with E-state index in [0.717, 1.165) is 5.56 Å². The van der Waals surface area contributed by atoms with Crippen LogP contribution in [0.1, 0.15) is 5.56 Å². The Balaban J connectivity index is 2.35. The van der Waals surface area contributed by atoms with Gasteiger partial charge in [-0.2, -0.15) is 4.68 Å². The summed E-state index contributed by atoms with van der Waals surface area (Å²) >= 11 is 6.02. The molecule has 0 aliphatic heterocycles. The number of anilines is 1. The summed E-state index contributed by atoms with van der Waals surface area (Å²) in [5.41, 5.74) is 7.33. The number of ether oxygens (including phenoxy) is 2. The molecular formula is C11H11ClN4O3. The number of benzene rings is 1. The Morgan fingerprint density at radius 3 is 2.84 bits per heavy atom. The predicted molar refractivity (Wildman–Crippen MR) is 68.6 cm³/mol. The van der Waals surface area contributed by atoms with Gasteiger partial charge in [0.1, 0.15) is 0 Å². The molecule has 2 aromatic rings. The summed E-state index contributed by atoms with van der Waals surface area (Å²) in [4.78, 5) is 11.0. The van der Waals surface area contributed by atoms with Crippen LogP contribution in [-0.2, 0) is 4.74 Å². The molecule has 0 fully saturated rings. The first-order valence-corrected chi connectivity index (χ1v) is 5.64. The molecule has 19 heavy (non-hydrogen) atoms. The highest BCUT2D eigenvalue weighted by Gasteiger charge is 2.16. The van der Waals surface area contributed by atoms with Gasteiger partial charge in [-0.1, -0.05) is 28.0 Å². The van der Waals surface area contributed by atoms with Crippen LogP contribution >= 0.6 is 11.6 Å². The normalized spacial score (nSPS) is 10.3. The number of aromatic nitrogens is 3. The molecular weight excluding hydrogens is 272 g/mol. The van der Waals surface area contributed by atoms with E-state index in [4.69, 9.17) is 22.1 Å². The van der Waals surface area contributed by atoms with Gasteiger partial charge in [-0.3, -0.25) is 0 Å². The molecule has 0 bridgehead atoms. The van der Waals surface area contributed by atoms with Gasteiger partial charge >= 0.3 is 6.16 Å². The monoisotopic (exact) mass is 282 g/mol. The van der Waals surface area contributed by atoms with Crippen molar-refractivity contribution in [2.24, 2.45) is 0 Å². The Morgan fingerprint density at radius 1 is 1.47 bits per heavy atom. The number of rotatable bonds is 2. The van der Waals surface area contributed by atoms with E-state index in [0.29, 0.717) is 10.7 Å². The van der Waals surface area contributed by atoms with Gasteiger partial charge in [-0.15, -0.1) is 0 Å². The smallest absolute Gasteiger partial charge is 0.437 e. The average Bonchev–Trinajstić information content (AvgIpc) is 2.74. The molecule has 1 aromatic carbocycles. The first-order chi connectivity index (χ1) is 9.02. The second-order valence-corrected chi connectivity index (χ2v) is 4.09. The summed E-state index contributed by atoms with van der Waals surface area (Å²) in [6.45, 7) is 1.88. The second kappa shape index (κ2) is 5.15. The van der Waals surface area contributed by atoms with E-state index in [1.165, 1.54) is 11.8 Å². The highest BCUT2D eigenvalue weighted by Crippen LogP contribution is 2.24. The minimum absolute atomic E-state index is 0.0744. The number of carbonyl (C=O) groups is 1. The third-order valence-corrected chi connectivity index (χ3v) is 2.83. The van der Waals surface area contributed by atoms with E-state index in [9.17, 15) is 4.79 Å². The number of methoxy groups -OCH3 is 1. The van der Waals surface area contributed by atoms with E-state index >= 15 is 0 Å². The molecule has 0 aliphatic carbocycles. The van der Waals surface area contributed by atoms with Crippen LogP contribution in [0.4, 0.5) is 10.6 Å². The van der Waals surface area contributed by atoms with Crippen molar-refractivity contribution >= 4 is 23.6 Å². The van der Waals surface area contributed by atoms with Crippen LogP contribution in [0.15, 0.2) is 18.2 Å². The Labute approximate surface area is 113 Å². The molecule has 0 aliphatic rings. The topological polar surface area (TPSA) is 92.3 Å².